The van der Waals surface area contributed by atoms with Crippen LogP contribution in [0.5, 0.6) is 0 Å². The Kier molecular flexibility index (Phi) is 4.22. The molecule has 0 aliphatic rings. The molecule has 94 valence electrons. The van der Waals surface area contributed by atoms with Gasteiger partial charge in [-0.1, -0.05) is 0 Å². The van der Waals surface area contributed by atoms with Gasteiger partial charge in [0.1, 0.15) is 0 Å². The molecule has 0 aliphatic carbocycles. The van der Waals surface area contributed by atoms with Crippen molar-refractivity contribution in [3.8, 4) is 0 Å². The van der Waals surface area contributed by atoms with E-state index in [4.69, 9.17) is 10.2 Å². The van der Waals surface area contributed by atoms with Crippen LogP contribution >= 0.6 is 0 Å². The van der Waals surface area contributed by atoms with E-state index in [1.54, 1.807) is 0 Å². The first-order valence-electron chi connectivity index (χ1n) is 4.84. The lowest BCUT2D eigenvalue weighted by atomic mass is 10.2. The van der Waals surface area contributed by atoms with Crippen molar-refractivity contribution in [1.29, 1.82) is 0 Å². The highest BCUT2D eigenvalue weighted by Gasteiger charge is 2.14. The summed E-state index contributed by atoms with van der Waals surface area (Å²) in [5.74, 6) is -1.12. The molecule has 0 aromatic heterocycles. The number of rotatable bonds is 5. The molecule has 1 aromatic carbocycles. The van der Waals surface area contributed by atoms with E-state index in [-0.39, 0.29) is 17.0 Å². The Balaban J connectivity index is 2.89. The molecule has 0 amide bonds. The van der Waals surface area contributed by atoms with Crippen molar-refractivity contribution < 1.29 is 23.4 Å². The van der Waals surface area contributed by atoms with Gasteiger partial charge >= 0.3 is 5.97 Å². The van der Waals surface area contributed by atoms with Gasteiger partial charge in [0, 0.05) is 6.54 Å². The summed E-state index contributed by atoms with van der Waals surface area (Å²) in [6.07, 6.45) is -0.789. The van der Waals surface area contributed by atoms with Crippen molar-refractivity contribution in [2.75, 3.05) is 6.54 Å². The molecule has 0 spiro atoms. The second kappa shape index (κ2) is 5.26. The molecule has 0 aliphatic heterocycles. The Hall–Kier alpha value is -1.44. The standard InChI is InChI=1S/C10H13NO5S/c1-7(12)6-11-17(15,16)9-4-2-8(3-5-9)10(13)14/h2-5,7,11-12H,6H2,1H3,(H,13,14)/t7-/m0/s1. The van der Waals surface area contributed by atoms with Crippen LogP contribution in [0.2, 0.25) is 0 Å². The molecule has 0 bridgehead atoms. The van der Waals surface area contributed by atoms with E-state index in [1.807, 2.05) is 0 Å². The van der Waals surface area contributed by atoms with Gasteiger partial charge in [-0.2, -0.15) is 0 Å². The molecule has 0 radical (unpaired) electrons. The Morgan fingerprint density at radius 3 is 2.29 bits per heavy atom. The summed E-state index contributed by atoms with van der Waals surface area (Å²) < 4.78 is 25.5. The highest BCUT2D eigenvalue weighted by atomic mass is 32.2. The number of sulfonamides is 1. The van der Waals surface area contributed by atoms with E-state index < -0.39 is 22.1 Å². The van der Waals surface area contributed by atoms with E-state index in [0.717, 1.165) is 0 Å². The lowest BCUT2D eigenvalue weighted by molar-refractivity contribution is 0.0696. The number of nitrogens with one attached hydrogen (secondary N) is 1. The van der Waals surface area contributed by atoms with Crippen LogP contribution in [0.15, 0.2) is 29.2 Å². The van der Waals surface area contributed by atoms with Crippen LogP contribution in [0.3, 0.4) is 0 Å². The quantitative estimate of drug-likeness (QED) is 0.693. The van der Waals surface area contributed by atoms with Crippen LogP contribution < -0.4 is 4.72 Å². The average molecular weight is 259 g/mol. The van der Waals surface area contributed by atoms with E-state index in [0.29, 0.717) is 0 Å². The Morgan fingerprint density at radius 2 is 1.88 bits per heavy atom. The number of carbonyl (C=O) groups is 1. The minimum absolute atomic E-state index is 0.0134. The number of aliphatic hydroxyl groups excluding tert-OH is 1. The second-order valence-electron chi connectivity index (χ2n) is 3.53. The third-order valence-corrected chi connectivity index (χ3v) is 3.42. The van der Waals surface area contributed by atoms with Gasteiger partial charge in [0.2, 0.25) is 10.0 Å². The molecule has 0 saturated heterocycles. The molecule has 0 fully saturated rings. The molecular formula is C10H13NO5S. The van der Waals surface area contributed by atoms with Gasteiger partial charge < -0.3 is 10.2 Å². The molecule has 0 saturated carbocycles. The zero-order chi connectivity index (χ0) is 13.1. The molecule has 3 N–H and O–H groups in total. The van der Waals surface area contributed by atoms with Gasteiger partial charge in [0.05, 0.1) is 16.6 Å². The minimum Gasteiger partial charge on any atom is -0.478 e. The number of hydrogen-bond acceptors (Lipinski definition) is 4. The highest BCUT2D eigenvalue weighted by Crippen LogP contribution is 2.10. The molecule has 1 rings (SSSR count). The molecule has 6 nitrogen and oxygen atoms in total. The summed E-state index contributed by atoms with van der Waals surface area (Å²) in [4.78, 5) is 10.5. The molecule has 0 heterocycles. The molecule has 7 heteroatoms. The maximum Gasteiger partial charge on any atom is 0.335 e. The van der Waals surface area contributed by atoms with Crippen LogP contribution in [0.4, 0.5) is 0 Å². The van der Waals surface area contributed by atoms with Gasteiger partial charge in [0.25, 0.3) is 0 Å². The fourth-order valence-corrected chi connectivity index (χ4v) is 2.21. The summed E-state index contributed by atoms with van der Waals surface area (Å²) in [6.45, 7) is 1.36. The van der Waals surface area contributed by atoms with Gasteiger partial charge in [-0.3, -0.25) is 0 Å². The predicted octanol–water partition coefficient (Wildman–Crippen LogP) is 0.0439. The molecule has 1 atom stereocenters. The molecule has 17 heavy (non-hydrogen) atoms. The highest BCUT2D eigenvalue weighted by molar-refractivity contribution is 7.89. The molecule has 0 unspecified atom stereocenters. The van der Waals surface area contributed by atoms with Crippen molar-refractivity contribution >= 4 is 16.0 Å². The first kappa shape index (κ1) is 13.6. The van der Waals surface area contributed by atoms with E-state index >= 15 is 0 Å². The maximum absolute atomic E-state index is 11.6. The van der Waals surface area contributed by atoms with Crippen LogP contribution in [0, 0.1) is 0 Å². The normalized spacial score (nSPS) is 13.3. The number of carboxylic acids is 1. The summed E-state index contributed by atoms with van der Waals surface area (Å²) in [7, 11) is -3.70. The van der Waals surface area contributed by atoms with Crippen LogP contribution in [-0.2, 0) is 10.0 Å². The topological polar surface area (TPSA) is 104 Å². The van der Waals surface area contributed by atoms with Crippen molar-refractivity contribution in [3.63, 3.8) is 0 Å². The van der Waals surface area contributed by atoms with E-state index in [1.165, 1.54) is 31.2 Å². The fourth-order valence-electron chi connectivity index (χ4n) is 1.09. The van der Waals surface area contributed by atoms with Gasteiger partial charge in [-0.15, -0.1) is 0 Å². The number of carboxylic acid groups (broad SMARTS) is 1. The lowest BCUT2D eigenvalue weighted by Crippen LogP contribution is -2.30. The summed E-state index contributed by atoms with van der Waals surface area (Å²) in [5, 5.41) is 17.6. The average Bonchev–Trinajstić information content (AvgIpc) is 2.27. The van der Waals surface area contributed by atoms with Crippen molar-refractivity contribution in [3.05, 3.63) is 29.8 Å². The van der Waals surface area contributed by atoms with Gasteiger partial charge in [-0.05, 0) is 31.2 Å². The minimum atomic E-state index is -3.70. The Morgan fingerprint density at radius 1 is 1.35 bits per heavy atom. The Labute approximate surface area is 99.0 Å². The predicted molar refractivity (Wildman–Crippen MR) is 60.3 cm³/mol. The third-order valence-electron chi connectivity index (χ3n) is 1.98. The molecule has 1 aromatic rings. The monoisotopic (exact) mass is 259 g/mol. The van der Waals surface area contributed by atoms with Crippen LogP contribution in [0.25, 0.3) is 0 Å². The first-order chi connectivity index (χ1) is 7.83. The van der Waals surface area contributed by atoms with E-state index in [2.05, 4.69) is 4.72 Å². The number of benzene rings is 1. The van der Waals surface area contributed by atoms with Crippen LogP contribution in [0.1, 0.15) is 17.3 Å². The van der Waals surface area contributed by atoms with Crippen LogP contribution in [-0.4, -0.2) is 37.2 Å². The van der Waals surface area contributed by atoms with Crippen molar-refractivity contribution in [2.45, 2.75) is 17.9 Å². The summed E-state index contributed by atoms with van der Waals surface area (Å²) in [6, 6.07) is 4.82. The Bertz CT molecular complexity index is 492. The first-order valence-corrected chi connectivity index (χ1v) is 6.32. The lowest BCUT2D eigenvalue weighted by Gasteiger charge is -2.08. The zero-order valence-electron chi connectivity index (χ0n) is 9.12. The number of aromatic carboxylic acids is 1. The fraction of sp³-hybridized carbons (Fsp3) is 0.300. The van der Waals surface area contributed by atoms with Gasteiger partial charge in [-0.25, -0.2) is 17.9 Å². The number of aliphatic hydroxyl groups is 1. The van der Waals surface area contributed by atoms with Crippen molar-refractivity contribution in [1.82, 2.24) is 4.72 Å². The SMILES string of the molecule is C[C@H](O)CNS(=O)(=O)c1ccc(C(=O)O)cc1. The summed E-state index contributed by atoms with van der Waals surface area (Å²) >= 11 is 0. The molecular weight excluding hydrogens is 246 g/mol. The summed E-state index contributed by atoms with van der Waals surface area (Å²) in [5.41, 5.74) is 0.0134. The largest absolute Gasteiger partial charge is 0.478 e. The number of hydrogen-bond donors (Lipinski definition) is 3. The van der Waals surface area contributed by atoms with Crippen molar-refractivity contribution in [2.24, 2.45) is 0 Å². The second-order valence-corrected chi connectivity index (χ2v) is 5.30. The van der Waals surface area contributed by atoms with E-state index in [9.17, 15) is 13.2 Å². The zero-order valence-corrected chi connectivity index (χ0v) is 9.94. The van der Waals surface area contributed by atoms with Gasteiger partial charge in [0.15, 0.2) is 0 Å². The third kappa shape index (κ3) is 3.81. The smallest absolute Gasteiger partial charge is 0.335 e. The maximum atomic E-state index is 11.6.